The first kappa shape index (κ1) is 28.6. The van der Waals surface area contributed by atoms with Gasteiger partial charge in [-0.25, -0.2) is 4.98 Å². The molecule has 2 bridgehead atoms. The SMILES string of the molecule is COc1cc(C(=O)N2CC3CCC2[C@@H]3N)cc2nc(-c3cc4ccccc4n3CC3CC3)n(CC3CN(C(=O)c4cccn4C)C3)c12. The Labute approximate surface area is 273 Å². The standard InChI is InChI=1S/C37H41N7O3/c1-40-13-5-8-30(40)37(46)41-17-23(18-41)20-44-34-27(14-26(16-32(34)47-2)36(45)43-21-25-11-12-29(43)33(25)38)39-35(44)31-15-24-6-3-4-7-28(24)42(31)19-22-9-10-22/h3-8,13-16,22-23,25,29,33H,9-12,17-21,38H2,1-2H3/t25?,29?,33-/m1/s1. The highest BCUT2D eigenvalue weighted by Gasteiger charge is 2.47. The lowest BCUT2D eigenvalue weighted by atomic mass is 9.99. The fourth-order valence-electron chi connectivity index (χ4n) is 8.44. The van der Waals surface area contributed by atoms with Crippen LogP contribution in [0.3, 0.4) is 0 Å². The molecule has 2 saturated heterocycles. The maximum atomic E-state index is 13.9. The molecule has 5 heterocycles. The number of piperidine rings is 1. The molecule has 4 aliphatic rings. The molecule has 2 amide bonds. The molecular formula is C37H41N7O3. The highest BCUT2D eigenvalue weighted by Crippen LogP contribution is 2.41. The molecule has 3 atom stereocenters. The monoisotopic (exact) mass is 631 g/mol. The Balaban J connectivity index is 1.13. The molecule has 2 aliphatic carbocycles. The average molecular weight is 632 g/mol. The van der Waals surface area contributed by atoms with E-state index in [0.29, 0.717) is 55.0 Å². The highest BCUT2D eigenvalue weighted by atomic mass is 16.5. The Morgan fingerprint density at radius 2 is 1.72 bits per heavy atom. The predicted octanol–water partition coefficient (Wildman–Crippen LogP) is 4.75. The van der Waals surface area contributed by atoms with E-state index in [-0.39, 0.29) is 29.8 Å². The topological polar surface area (TPSA) is 104 Å². The van der Waals surface area contributed by atoms with E-state index in [2.05, 4.69) is 39.5 Å². The van der Waals surface area contributed by atoms with Crippen LogP contribution in [0.4, 0.5) is 0 Å². The number of carbonyl (C=O) groups excluding carboxylic acids is 2. The number of nitrogens with zero attached hydrogens (tertiary/aromatic N) is 6. The van der Waals surface area contributed by atoms with Crippen LogP contribution in [0.2, 0.25) is 0 Å². The fraction of sp³-hybridized carbons (Fsp3) is 0.432. The van der Waals surface area contributed by atoms with E-state index >= 15 is 0 Å². The van der Waals surface area contributed by atoms with Gasteiger partial charge in [0.05, 0.1) is 18.3 Å². The molecular weight excluding hydrogens is 590 g/mol. The lowest BCUT2D eigenvalue weighted by Gasteiger charge is -2.39. The van der Waals surface area contributed by atoms with E-state index in [1.807, 2.05) is 51.9 Å². The van der Waals surface area contributed by atoms with E-state index in [9.17, 15) is 9.59 Å². The second-order valence-corrected chi connectivity index (χ2v) is 14.3. The molecule has 2 aromatic carbocycles. The predicted molar refractivity (Wildman–Crippen MR) is 180 cm³/mol. The van der Waals surface area contributed by atoms with Gasteiger partial charge < -0.3 is 34.0 Å². The quantitative estimate of drug-likeness (QED) is 0.266. The minimum atomic E-state index is 0.000573. The second kappa shape index (κ2) is 10.7. The minimum absolute atomic E-state index is 0.000573. The third kappa shape index (κ3) is 4.59. The van der Waals surface area contributed by atoms with Crippen LogP contribution in [0.5, 0.6) is 5.75 Å². The number of para-hydroxylation sites is 1. The number of likely N-dealkylation sites (tertiary alicyclic amines) is 2. The Morgan fingerprint density at radius 1 is 0.915 bits per heavy atom. The summed E-state index contributed by atoms with van der Waals surface area (Å²) in [6.07, 6.45) is 6.46. The van der Waals surface area contributed by atoms with E-state index in [1.54, 1.807) is 7.11 Å². The summed E-state index contributed by atoms with van der Waals surface area (Å²) in [7, 11) is 3.57. The molecule has 4 fully saturated rings. The first-order chi connectivity index (χ1) is 22.9. The summed E-state index contributed by atoms with van der Waals surface area (Å²) in [5.41, 5.74) is 11.7. The van der Waals surface area contributed by atoms with Gasteiger partial charge >= 0.3 is 0 Å². The Hall–Kier alpha value is -4.57. The van der Waals surface area contributed by atoms with Gasteiger partial charge in [0.15, 0.2) is 5.82 Å². The fourth-order valence-corrected chi connectivity index (χ4v) is 8.44. The normalized spacial score (nSPS) is 22.5. The van der Waals surface area contributed by atoms with Crippen LogP contribution in [0.15, 0.2) is 60.8 Å². The number of aryl methyl sites for hydroxylation is 1. The van der Waals surface area contributed by atoms with E-state index < -0.39 is 0 Å². The lowest BCUT2D eigenvalue weighted by Crippen LogP contribution is -2.51. The summed E-state index contributed by atoms with van der Waals surface area (Å²) in [4.78, 5) is 36.4. The summed E-state index contributed by atoms with van der Waals surface area (Å²) < 4.78 is 12.6. The highest BCUT2D eigenvalue weighted by molar-refractivity contribution is 6.00. The molecule has 2 aliphatic heterocycles. The summed E-state index contributed by atoms with van der Waals surface area (Å²) in [6.45, 7) is 3.69. The number of benzene rings is 2. The molecule has 2 saturated carbocycles. The summed E-state index contributed by atoms with van der Waals surface area (Å²) in [5, 5.41) is 1.19. The number of hydrogen-bond donors (Lipinski definition) is 1. The molecule has 47 heavy (non-hydrogen) atoms. The van der Waals surface area contributed by atoms with Crippen molar-refractivity contribution in [3.63, 3.8) is 0 Å². The third-order valence-corrected chi connectivity index (χ3v) is 11.2. The number of amides is 2. The maximum absolute atomic E-state index is 13.9. The van der Waals surface area contributed by atoms with Crippen molar-refractivity contribution < 1.29 is 14.3 Å². The largest absolute Gasteiger partial charge is 0.494 e. The summed E-state index contributed by atoms with van der Waals surface area (Å²) in [6, 6.07) is 18.6. The van der Waals surface area contributed by atoms with Gasteiger partial charge in [0.1, 0.15) is 17.0 Å². The number of nitrogens with two attached hydrogens (primary N) is 1. The number of fused-ring (bicyclic) bond motifs is 4. The van der Waals surface area contributed by atoms with Gasteiger partial charge in [-0.1, -0.05) is 18.2 Å². The number of rotatable bonds is 8. The van der Waals surface area contributed by atoms with Gasteiger partial charge in [-0.3, -0.25) is 9.59 Å². The maximum Gasteiger partial charge on any atom is 0.270 e. The molecule has 5 aromatic rings. The Bertz CT molecular complexity index is 2050. The molecule has 2 unspecified atom stereocenters. The van der Waals surface area contributed by atoms with Crippen LogP contribution >= 0.6 is 0 Å². The van der Waals surface area contributed by atoms with E-state index in [0.717, 1.165) is 41.9 Å². The van der Waals surface area contributed by atoms with Gasteiger partial charge in [-0.2, -0.15) is 0 Å². The molecule has 0 spiro atoms. The van der Waals surface area contributed by atoms with Gasteiger partial charge in [-0.15, -0.1) is 0 Å². The second-order valence-electron chi connectivity index (χ2n) is 14.3. The van der Waals surface area contributed by atoms with Gasteiger partial charge in [-0.05, 0) is 73.9 Å². The van der Waals surface area contributed by atoms with E-state index in [4.69, 9.17) is 15.5 Å². The molecule has 10 nitrogen and oxygen atoms in total. The number of hydrogen-bond acceptors (Lipinski definition) is 5. The number of carbonyl (C=O) groups is 2. The molecule has 3 aromatic heterocycles. The van der Waals surface area contributed by atoms with Crippen molar-refractivity contribution in [3.8, 4) is 17.3 Å². The van der Waals surface area contributed by atoms with Crippen molar-refractivity contribution in [2.75, 3.05) is 26.7 Å². The van der Waals surface area contributed by atoms with Crippen LogP contribution in [-0.2, 0) is 20.1 Å². The zero-order valence-corrected chi connectivity index (χ0v) is 27.0. The van der Waals surface area contributed by atoms with Crippen molar-refractivity contribution in [3.05, 3.63) is 72.1 Å². The molecule has 2 N–H and O–H groups in total. The first-order valence-electron chi connectivity index (χ1n) is 17.0. The van der Waals surface area contributed by atoms with Crippen molar-refractivity contribution in [2.45, 2.75) is 50.9 Å². The molecule has 10 heteroatoms. The third-order valence-electron chi connectivity index (χ3n) is 11.2. The van der Waals surface area contributed by atoms with Gasteiger partial charge in [0.2, 0.25) is 0 Å². The molecule has 9 rings (SSSR count). The summed E-state index contributed by atoms with van der Waals surface area (Å²) >= 11 is 0. The number of aromatic nitrogens is 4. The van der Waals surface area contributed by atoms with Gasteiger partial charge in [0, 0.05) is 80.4 Å². The average Bonchev–Trinajstić information content (AvgIpc) is 3.33. The minimum Gasteiger partial charge on any atom is -0.494 e. The van der Waals surface area contributed by atoms with Crippen molar-refractivity contribution in [2.24, 2.45) is 30.5 Å². The Kier molecular flexibility index (Phi) is 6.54. The number of ether oxygens (including phenoxy) is 1. The zero-order chi connectivity index (χ0) is 32.0. The van der Waals surface area contributed by atoms with Crippen LogP contribution in [0, 0.1) is 17.8 Å². The van der Waals surface area contributed by atoms with Crippen molar-refractivity contribution in [1.29, 1.82) is 0 Å². The first-order valence-corrected chi connectivity index (χ1v) is 17.0. The van der Waals surface area contributed by atoms with Crippen LogP contribution < -0.4 is 10.5 Å². The summed E-state index contributed by atoms with van der Waals surface area (Å²) in [5.74, 6) is 2.87. The van der Waals surface area contributed by atoms with Crippen molar-refractivity contribution in [1.82, 2.24) is 28.5 Å². The Morgan fingerprint density at radius 3 is 2.43 bits per heavy atom. The van der Waals surface area contributed by atoms with E-state index in [1.165, 1.54) is 23.7 Å². The molecule has 242 valence electrons. The van der Waals surface area contributed by atoms with Crippen LogP contribution in [0.25, 0.3) is 33.5 Å². The number of imidazole rings is 1. The lowest BCUT2D eigenvalue weighted by molar-refractivity contribution is 0.0462. The van der Waals surface area contributed by atoms with Crippen molar-refractivity contribution >= 4 is 33.8 Å². The van der Waals surface area contributed by atoms with Gasteiger partial charge in [0.25, 0.3) is 11.8 Å². The van der Waals surface area contributed by atoms with Crippen LogP contribution in [0.1, 0.15) is 46.5 Å². The molecule has 0 radical (unpaired) electrons. The smallest absolute Gasteiger partial charge is 0.270 e. The van der Waals surface area contributed by atoms with Crippen LogP contribution in [-0.4, -0.2) is 79.1 Å². The zero-order valence-electron chi connectivity index (χ0n) is 27.0. The number of methoxy groups -OCH3 is 1.